The summed E-state index contributed by atoms with van der Waals surface area (Å²) in [6, 6.07) is 16.2. The van der Waals surface area contributed by atoms with Crippen LogP contribution in [0.3, 0.4) is 0 Å². The number of fused-ring (bicyclic) bond motifs is 1. The zero-order valence-corrected chi connectivity index (χ0v) is 24.8. The van der Waals surface area contributed by atoms with E-state index in [0.29, 0.717) is 43.5 Å². The highest BCUT2D eigenvalue weighted by Gasteiger charge is 2.30. The van der Waals surface area contributed by atoms with Crippen molar-refractivity contribution in [2.24, 2.45) is 0 Å². The van der Waals surface area contributed by atoms with Crippen LogP contribution in [0.15, 0.2) is 76.7 Å². The lowest BCUT2D eigenvalue weighted by Gasteiger charge is -2.25. The maximum Gasteiger partial charge on any atom is 0.416 e. The van der Waals surface area contributed by atoms with Gasteiger partial charge in [-0.2, -0.15) is 18.2 Å². The van der Waals surface area contributed by atoms with Crippen molar-refractivity contribution in [1.82, 2.24) is 14.5 Å². The average Bonchev–Trinajstić information content (AvgIpc) is 3.50. The molecule has 11 heteroatoms. The summed E-state index contributed by atoms with van der Waals surface area (Å²) < 4.78 is 68.6. The largest absolute Gasteiger partial charge is 0.416 e. The summed E-state index contributed by atoms with van der Waals surface area (Å²) >= 11 is 1.09. The van der Waals surface area contributed by atoms with Gasteiger partial charge in [0.25, 0.3) is 5.56 Å². The summed E-state index contributed by atoms with van der Waals surface area (Å²) in [5.41, 5.74) is 2.64. The fourth-order valence-electron chi connectivity index (χ4n) is 5.33. The molecule has 0 aliphatic heterocycles. The number of halogens is 5. The van der Waals surface area contributed by atoms with E-state index in [1.165, 1.54) is 24.3 Å². The van der Waals surface area contributed by atoms with Gasteiger partial charge in [0.2, 0.25) is 5.91 Å². The van der Waals surface area contributed by atoms with Crippen molar-refractivity contribution < 1.29 is 26.7 Å². The Morgan fingerprint density at radius 2 is 1.66 bits per heavy atom. The lowest BCUT2D eigenvalue weighted by molar-refractivity contribution is -0.137. The number of nitrogens with zero attached hydrogens (tertiary/aromatic N) is 3. The van der Waals surface area contributed by atoms with Gasteiger partial charge < -0.3 is 9.47 Å². The molecule has 0 saturated heterocycles. The van der Waals surface area contributed by atoms with Gasteiger partial charge in [-0.15, -0.1) is 0 Å². The number of rotatable bonds is 10. The molecule has 5 nitrogen and oxygen atoms in total. The van der Waals surface area contributed by atoms with E-state index in [2.05, 4.69) is 4.98 Å². The number of carbonyl (C=O) groups is 1. The van der Waals surface area contributed by atoms with E-state index in [1.807, 2.05) is 31.2 Å². The lowest BCUT2D eigenvalue weighted by atomic mass is 10.0. The van der Waals surface area contributed by atoms with Crippen LogP contribution in [0, 0.1) is 11.6 Å². The summed E-state index contributed by atoms with van der Waals surface area (Å²) in [5.74, 6) is -2.06. The average molecular weight is 628 g/mol. The van der Waals surface area contributed by atoms with Gasteiger partial charge in [0.1, 0.15) is 6.54 Å². The third kappa shape index (κ3) is 7.04. The van der Waals surface area contributed by atoms with Crippen LogP contribution in [0.4, 0.5) is 22.0 Å². The number of alkyl halides is 3. The number of hydrogen-bond acceptors (Lipinski definition) is 4. The van der Waals surface area contributed by atoms with Gasteiger partial charge in [0.05, 0.1) is 5.56 Å². The fraction of sp³-hybridized carbons (Fsp3) is 0.303. The fourth-order valence-corrected chi connectivity index (χ4v) is 6.32. The summed E-state index contributed by atoms with van der Waals surface area (Å²) in [6.07, 6.45) is -1.75. The molecule has 0 radical (unpaired) electrons. The van der Waals surface area contributed by atoms with Crippen molar-refractivity contribution in [3.63, 3.8) is 0 Å². The normalized spacial score (nSPS) is 12.8. The number of amides is 1. The van der Waals surface area contributed by atoms with E-state index in [4.69, 9.17) is 0 Å². The molecular formula is C33H30F5N3O2S. The van der Waals surface area contributed by atoms with Gasteiger partial charge in [-0.1, -0.05) is 67.2 Å². The van der Waals surface area contributed by atoms with E-state index in [0.717, 1.165) is 53.2 Å². The molecule has 4 aromatic rings. The van der Waals surface area contributed by atoms with Crippen LogP contribution in [-0.4, -0.2) is 26.9 Å². The highest BCUT2D eigenvalue weighted by atomic mass is 32.2. The van der Waals surface area contributed by atoms with Crippen LogP contribution in [0.2, 0.25) is 0 Å². The van der Waals surface area contributed by atoms with Crippen LogP contribution in [0.5, 0.6) is 0 Å². The SMILES string of the molecule is CCCN(Cc1ccc(-c2ccc(C(F)(F)F)cc2)cc1)C(=O)Cn1c(SCc2cccc(F)c2F)nc(=O)c2c1CCC2. The van der Waals surface area contributed by atoms with Crippen molar-refractivity contribution in [1.29, 1.82) is 0 Å². The highest BCUT2D eigenvalue weighted by Crippen LogP contribution is 2.31. The van der Waals surface area contributed by atoms with E-state index >= 15 is 0 Å². The minimum atomic E-state index is -4.40. The molecule has 1 heterocycles. The zero-order valence-electron chi connectivity index (χ0n) is 24.0. The predicted molar refractivity (Wildman–Crippen MR) is 159 cm³/mol. The second-order valence-corrected chi connectivity index (χ2v) is 11.6. The third-order valence-corrected chi connectivity index (χ3v) is 8.63. The Balaban J connectivity index is 1.34. The Morgan fingerprint density at radius 3 is 2.32 bits per heavy atom. The van der Waals surface area contributed by atoms with Crippen LogP contribution >= 0.6 is 11.8 Å². The van der Waals surface area contributed by atoms with Crippen LogP contribution in [-0.2, 0) is 42.7 Å². The Bertz CT molecular complexity index is 1700. The maximum atomic E-state index is 14.3. The van der Waals surface area contributed by atoms with Crippen molar-refractivity contribution >= 4 is 17.7 Å². The van der Waals surface area contributed by atoms with Gasteiger partial charge in [-0.25, -0.2) is 8.78 Å². The summed E-state index contributed by atoms with van der Waals surface area (Å²) in [5, 5.41) is 0.282. The third-order valence-electron chi connectivity index (χ3n) is 7.60. The molecule has 44 heavy (non-hydrogen) atoms. The highest BCUT2D eigenvalue weighted by molar-refractivity contribution is 7.98. The Labute approximate surface area is 255 Å². The Hall–Kier alpha value is -3.99. The molecule has 3 aromatic carbocycles. The van der Waals surface area contributed by atoms with Gasteiger partial charge in [0, 0.05) is 35.7 Å². The molecule has 5 rings (SSSR count). The number of carbonyl (C=O) groups excluding carboxylic acids is 1. The molecule has 1 amide bonds. The quantitative estimate of drug-likeness (QED) is 0.104. The molecular weight excluding hydrogens is 597 g/mol. The smallest absolute Gasteiger partial charge is 0.337 e. The number of aromatic nitrogens is 2. The Morgan fingerprint density at radius 1 is 0.977 bits per heavy atom. The predicted octanol–water partition coefficient (Wildman–Crippen LogP) is 7.43. The molecule has 1 aromatic heterocycles. The minimum absolute atomic E-state index is 0.0347. The molecule has 230 valence electrons. The molecule has 0 fully saturated rings. The van der Waals surface area contributed by atoms with Gasteiger partial charge in [0.15, 0.2) is 16.8 Å². The van der Waals surface area contributed by atoms with E-state index in [1.54, 1.807) is 9.47 Å². The summed E-state index contributed by atoms with van der Waals surface area (Å²) in [4.78, 5) is 32.4. The first-order chi connectivity index (χ1) is 21.0. The standard InChI is InChI=1S/C33H30F5N3O2S/c1-2-17-40(18-21-9-11-22(12-10-21)23-13-15-25(16-14-23)33(36,37)38)29(42)19-41-28-8-4-6-26(28)31(43)39-32(41)44-20-24-5-3-7-27(34)30(24)35/h3,5,7,9-16H,2,4,6,8,17-20H2,1H3. The van der Waals surface area contributed by atoms with Crippen molar-refractivity contribution in [3.8, 4) is 11.1 Å². The molecule has 0 atom stereocenters. The van der Waals surface area contributed by atoms with Crippen LogP contribution in [0.25, 0.3) is 11.1 Å². The monoisotopic (exact) mass is 627 g/mol. The van der Waals surface area contributed by atoms with Crippen molar-refractivity contribution in [2.45, 2.75) is 62.8 Å². The van der Waals surface area contributed by atoms with Gasteiger partial charge >= 0.3 is 6.18 Å². The topological polar surface area (TPSA) is 55.2 Å². The second kappa shape index (κ2) is 13.3. The maximum absolute atomic E-state index is 14.3. The molecule has 1 aliphatic carbocycles. The first-order valence-corrected chi connectivity index (χ1v) is 15.3. The number of benzene rings is 3. The van der Waals surface area contributed by atoms with E-state index in [-0.39, 0.29) is 34.5 Å². The van der Waals surface area contributed by atoms with Crippen molar-refractivity contribution in [2.75, 3.05) is 6.54 Å². The molecule has 0 spiro atoms. The van der Waals surface area contributed by atoms with E-state index in [9.17, 15) is 31.5 Å². The van der Waals surface area contributed by atoms with Crippen LogP contribution in [0.1, 0.15) is 47.7 Å². The number of hydrogen-bond donors (Lipinski definition) is 0. The van der Waals surface area contributed by atoms with Crippen molar-refractivity contribution in [3.05, 3.63) is 117 Å². The van der Waals surface area contributed by atoms with E-state index < -0.39 is 23.4 Å². The molecule has 0 unspecified atom stereocenters. The zero-order chi connectivity index (χ0) is 31.4. The summed E-state index contributed by atoms with van der Waals surface area (Å²) in [7, 11) is 0. The lowest BCUT2D eigenvalue weighted by Crippen LogP contribution is -2.35. The second-order valence-electron chi connectivity index (χ2n) is 10.7. The number of thioether (sulfide) groups is 1. The molecule has 0 N–H and O–H groups in total. The van der Waals surface area contributed by atoms with Crippen LogP contribution < -0.4 is 5.56 Å². The molecule has 0 saturated carbocycles. The van der Waals surface area contributed by atoms with Gasteiger partial charge in [-0.05, 0) is 60.6 Å². The first-order valence-electron chi connectivity index (χ1n) is 14.3. The summed E-state index contributed by atoms with van der Waals surface area (Å²) in [6.45, 7) is 2.69. The Kier molecular flexibility index (Phi) is 9.53. The minimum Gasteiger partial charge on any atom is -0.337 e. The molecule has 0 bridgehead atoms. The first kappa shape index (κ1) is 31.4. The van der Waals surface area contributed by atoms with Gasteiger partial charge in [-0.3, -0.25) is 9.59 Å². The molecule has 1 aliphatic rings.